The summed E-state index contributed by atoms with van der Waals surface area (Å²) in [4.78, 5) is 1.25. The number of hydrogen-bond acceptors (Lipinski definition) is 3. The van der Waals surface area contributed by atoms with Crippen LogP contribution in [0.25, 0.3) is 20.5 Å². The van der Waals surface area contributed by atoms with E-state index in [1.54, 1.807) is 0 Å². The quantitative estimate of drug-likeness (QED) is 0.385. The van der Waals surface area contributed by atoms with Crippen molar-refractivity contribution in [2.75, 3.05) is 5.32 Å². The van der Waals surface area contributed by atoms with Crippen LogP contribution in [0.2, 0.25) is 0 Å². The van der Waals surface area contributed by atoms with Crippen molar-refractivity contribution in [3.63, 3.8) is 0 Å². The highest BCUT2D eigenvalue weighted by Crippen LogP contribution is 2.48. The van der Waals surface area contributed by atoms with Gasteiger partial charge in [-0.1, -0.05) is 42.5 Å². The Morgan fingerprint density at radius 1 is 0.783 bits per heavy atom. The summed E-state index contributed by atoms with van der Waals surface area (Å²) in [5.74, 6) is 1.74. The maximum absolute atomic E-state index is 6.06. The number of benzene rings is 3. The first kappa shape index (κ1) is 12.7. The number of anilines is 2. The second-order valence-electron chi connectivity index (χ2n) is 5.55. The summed E-state index contributed by atoms with van der Waals surface area (Å²) < 4.78 is 7.36. The maximum Gasteiger partial charge on any atom is 0.151 e. The van der Waals surface area contributed by atoms with Crippen molar-refractivity contribution in [1.29, 1.82) is 0 Å². The Morgan fingerprint density at radius 3 is 2.57 bits per heavy atom. The molecule has 3 heteroatoms. The summed E-state index contributed by atoms with van der Waals surface area (Å²) >= 11 is 1.81. The molecule has 1 N–H and O–H groups in total. The first-order chi connectivity index (χ1) is 11.4. The van der Waals surface area contributed by atoms with Gasteiger partial charge in [0.05, 0.1) is 11.4 Å². The number of fused-ring (bicyclic) bond motifs is 3. The van der Waals surface area contributed by atoms with Crippen LogP contribution in [0.4, 0.5) is 11.4 Å². The van der Waals surface area contributed by atoms with Crippen LogP contribution in [0.15, 0.2) is 72.8 Å². The summed E-state index contributed by atoms with van der Waals surface area (Å²) in [6.45, 7) is 0. The van der Waals surface area contributed by atoms with E-state index in [9.17, 15) is 0 Å². The Hall–Kier alpha value is -2.78. The second-order valence-corrected chi connectivity index (χ2v) is 6.63. The van der Waals surface area contributed by atoms with E-state index in [-0.39, 0.29) is 0 Å². The molecule has 1 aliphatic rings. The van der Waals surface area contributed by atoms with Crippen LogP contribution in [0.5, 0.6) is 11.5 Å². The smallest absolute Gasteiger partial charge is 0.151 e. The van der Waals surface area contributed by atoms with Crippen molar-refractivity contribution in [3.8, 4) is 21.9 Å². The summed E-state index contributed by atoms with van der Waals surface area (Å²) in [6, 6.07) is 25.0. The Balaban J connectivity index is 1.68. The zero-order valence-corrected chi connectivity index (χ0v) is 13.1. The van der Waals surface area contributed by atoms with Crippen molar-refractivity contribution >= 4 is 32.8 Å². The van der Waals surface area contributed by atoms with Crippen molar-refractivity contribution in [2.45, 2.75) is 0 Å². The summed E-state index contributed by atoms with van der Waals surface area (Å²) in [7, 11) is 0. The van der Waals surface area contributed by atoms with Gasteiger partial charge in [-0.2, -0.15) is 0 Å². The lowest BCUT2D eigenvalue weighted by Crippen LogP contribution is -2.03. The Labute approximate surface area is 138 Å². The fraction of sp³-hybridized carbons (Fsp3) is 0. The van der Waals surface area contributed by atoms with E-state index < -0.39 is 0 Å². The van der Waals surface area contributed by atoms with E-state index in [2.05, 4.69) is 41.7 Å². The van der Waals surface area contributed by atoms with Crippen molar-refractivity contribution in [3.05, 3.63) is 72.8 Å². The van der Waals surface area contributed by atoms with Crippen LogP contribution >= 0.6 is 11.3 Å². The van der Waals surface area contributed by atoms with Gasteiger partial charge in [0.2, 0.25) is 0 Å². The molecule has 0 aliphatic carbocycles. The van der Waals surface area contributed by atoms with Crippen LogP contribution in [0, 0.1) is 0 Å². The highest BCUT2D eigenvalue weighted by molar-refractivity contribution is 7.22. The Bertz CT molecular complexity index is 1000. The van der Waals surface area contributed by atoms with E-state index in [0.717, 1.165) is 22.9 Å². The summed E-state index contributed by atoms with van der Waals surface area (Å²) in [5.41, 5.74) is 3.23. The Morgan fingerprint density at radius 2 is 1.61 bits per heavy atom. The minimum Gasteiger partial charge on any atom is -0.453 e. The molecule has 3 aromatic carbocycles. The lowest BCUT2D eigenvalue weighted by Gasteiger charge is -2.23. The summed E-state index contributed by atoms with van der Waals surface area (Å²) in [5, 5.41) is 4.81. The predicted octanol–water partition coefficient (Wildman–Crippen LogP) is 6.42. The van der Waals surface area contributed by atoms with E-state index in [0.29, 0.717) is 0 Å². The van der Waals surface area contributed by atoms with Gasteiger partial charge in [0.1, 0.15) is 0 Å². The third-order valence-electron chi connectivity index (χ3n) is 4.08. The molecule has 2 nitrogen and oxygen atoms in total. The topological polar surface area (TPSA) is 21.3 Å². The molecule has 0 radical (unpaired) electrons. The van der Waals surface area contributed by atoms with Gasteiger partial charge in [-0.25, -0.2) is 0 Å². The SMILES string of the molecule is c1ccc2c(c1)Nc1c(cccc1-c1cc3ccccc3s1)O2. The van der Waals surface area contributed by atoms with Crippen LogP contribution in [0.1, 0.15) is 0 Å². The number of rotatable bonds is 1. The average molecular weight is 315 g/mol. The van der Waals surface area contributed by atoms with Gasteiger partial charge in [0.25, 0.3) is 0 Å². The summed E-state index contributed by atoms with van der Waals surface area (Å²) in [6.07, 6.45) is 0. The molecule has 0 bridgehead atoms. The fourth-order valence-electron chi connectivity index (χ4n) is 2.98. The molecule has 23 heavy (non-hydrogen) atoms. The molecule has 5 rings (SSSR count). The molecule has 0 unspecified atom stereocenters. The monoisotopic (exact) mass is 315 g/mol. The molecular formula is C20H13NOS. The lowest BCUT2D eigenvalue weighted by atomic mass is 10.1. The zero-order chi connectivity index (χ0) is 15.2. The highest BCUT2D eigenvalue weighted by atomic mass is 32.1. The molecule has 0 saturated carbocycles. The van der Waals surface area contributed by atoms with E-state index >= 15 is 0 Å². The number of para-hydroxylation sites is 3. The van der Waals surface area contributed by atoms with Gasteiger partial charge in [-0.3, -0.25) is 0 Å². The van der Waals surface area contributed by atoms with Gasteiger partial charge in [-0.05, 0) is 35.7 Å². The fourth-order valence-corrected chi connectivity index (χ4v) is 4.07. The van der Waals surface area contributed by atoms with Crippen molar-refractivity contribution in [1.82, 2.24) is 0 Å². The van der Waals surface area contributed by atoms with Crippen molar-refractivity contribution in [2.24, 2.45) is 0 Å². The molecule has 0 spiro atoms. The molecule has 2 heterocycles. The number of nitrogens with one attached hydrogen (secondary N) is 1. The minimum atomic E-state index is 0.869. The van der Waals surface area contributed by atoms with Crippen LogP contribution < -0.4 is 10.1 Å². The largest absolute Gasteiger partial charge is 0.453 e. The molecule has 0 amide bonds. The molecule has 0 fully saturated rings. The maximum atomic E-state index is 6.06. The molecular weight excluding hydrogens is 302 g/mol. The van der Waals surface area contributed by atoms with E-state index in [1.807, 2.05) is 47.7 Å². The molecule has 4 aromatic rings. The van der Waals surface area contributed by atoms with E-state index in [1.165, 1.54) is 20.5 Å². The van der Waals surface area contributed by atoms with Crippen LogP contribution in [-0.2, 0) is 0 Å². The average Bonchev–Trinajstić information content (AvgIpc) is 3.03. The third-order valence-corrected chi connectivity index (χ3v) is 5.23. The number of hydrogen-bond donors (Lipinski definition) is 1. The lowest BCUT2D eigenvalue weighted by molar-refractivity contribution is 0.481. The molecule has 110 valence electrons. The highest BCUT2D eigenvalue weighted by Gasteiger charge is 2.20. The van der Waals surface area contributed by atoms with Gasteiger partial charge < -0.3 is 10.1 Å². The van der Waals surface area contributed by atoms with Gasteiger partial charge in [-0.15, -0.1) is 11.3 Å². The van der Waals surface area contributed by atoms with Gasteiger partial charge >= 0.3 is 0 Å². The standard InChI is InChI=1S/C20H13NOS/c1-4-11-18-13(6-1)12-19(23-18)14-7-5-10-17-20(14)21-15-8-2-3-9-16(15)22-17/h1-12,21H. The molecule has 1 aromatic heterocycles. The van der Waals surface area contributed by atoms with Crippen LogP contribution in [-0.4, -0.2) is 0 Å². The molecule has 1 aliphatic heterocycles. The van der Waals surface area contributed by atoms with Gasteiger partial charge in [0, 0.05) is 15.1 Å². The second kappa shape index (κ2) is 4.86. The van der Waals surface area contributed by atoms with E-state index in [4.69, 9.17) is 4.74 Å². The Kier molecular flexibility index (Phi) is 2.69. The normalized spacial score (nSPS) is 12.2. The van der Waals surface area contributed by atoms with Crippen LogP contribution in [0.3, 0.4) is 0 Å². The minimum absolute atomic E-state index is 0.869. The van der Waals surface area contributed by atoms with Gasteiger partial charge in [0.15, 0.2) is 11.5 Å². The number of ether oxygens (including phenoxy) is 1. The number of thiophene rings is 1. The predicted molar refractivity (Wildman–Crippen MR) is 97.1 cm³/mol. The molecule has 0 saturated heterocycles. The molecule has 0 atom stereocenters. The zero-order valence-electron chi connectivity index (χ0n) is 12.2. The van der Waals surface area contributed by atoms with Crippen molar-refractivity contribution < 1.29 is 4.74 Å². The first-order valence-corrected chi connectivity index (χ1v) is 8.36. The first-order valence-electron chi connectivity index (χ1n) is 7.54. The third kappa shape index (κ3) is 2.01.